The van der Waals surface area contributed by atoms with E-state index in [4.69, 9.17) is 16.3 Å². The minimum Gasteiger partial charge on any atom is -0.379 e. The molecule has 1 atom stereocenters. The Labute approximate surface area is 188 Å². The molecular formula is C22H28ClN3O4S. The van der Waals surface area contributed by atoms with Gasteiger partial charge in [0.15, 0.2) is 0 Å². The number of benzene rings is 2. The summed E-state index contributed by atoms with van der Waals surface area (Å²) in [5.41, 5.74) is 1.49. The largest absolute Gasteiger partial charge is 0.379 e. The molecule has 1 aliphatic heterocycles. The van der Waals surface area contributed by atoms with E-state index in [0.29, 0.717) is 36.9 Å². The number of urea groups is 1. The molecule has 1 fully saturated rings. The van der Waals surface area contributed by atoms with E-state index >= 15 is 0 Å². The molecule has 2 aromatic carbocycles. The minimum atomic E-state index is -3.66. The van der Waals surface area contributed by atoms with Crippen molar-refractivity contribution in [2.45, 2.75) is 31.3 Å². The Kier molecular flexibility index (Phi) is 7.94. The van der Waals surface area contributed by atoms with Crippen molar-refractivity contribution in [1.29, 1.82) is 0 Å². The quantitative estimate of drug-likeness (QED) is 0.654. The first-order chi connectivity index (χ1) is 14.8. The molecule has 2 N–H and O–H groups in total. The Balaban J connectivity index is 1.69. The van der Waals surface area contributed by atoms with Gasteiger partial charge in [-0.15, -0.1) is 0 Å². The van der Waals surface area contributed by atoms with Crippen LogP contribution in [0.3, 0.4) is 0 Å². The van der Waals surface area contributed by atoms with E-state index in [1.807, 2.05) is 26.0 Å². The van der Waals surface area contributed by atoms with Crippen molar-refractivity contribution in [3.05, 3.63) is 64.7 Å². The molecule has 0 radical (unpaired) electrons. The second-order valence-electron chi connectivity index (χ2n) is 7.72. The number of ether oxygens (including phenoxy) is 1. The average molecular weight is 466 g/mol. The predicted molar refractivity (Wildman–Crippen MR) is 120 cm³/mol. The lowest BCUT2D eigenvalue weighted by Gasteiger charge is -2.27. The fourth-order valence-electron chi connectivity index (χ4n) is 3.50. The number of amides is 2. The van der Waals surface area contributed by atoms with Crippen molar-refractivity contribution < 1.29 is 17.9 Å². The third kappa shape index (κ3) is 5.98. The van der Waals surface area contributed by atoms with Crippen LogP contribution in [0.25, 0.3) is 0 Å². The van der Waals surface area contributed by atoms with E-state index in [2.05, 4.69) is 10.6 Å². The highest BCUT2D eigenvalue weighted by Gasteiger charge is 2.28. The Morgan fingerprint density at radius 1 is 1.10 bits per heavy atom. The van der Waals surface area contributed by atoms with Crippen molar-refractivity contribution in [2.24, 2.45) is 5.92 Å². The summed E-state index contributed by atoms with van der Waals surface area (Å²) in [6, 6.07) is 13.5. The molecule has 1 aliphatic rings. The fraction of sp³-hybridized carbons (Fsp3) is 0.409. The number of hydrogen-bond donors (Lipinski definition) is 2. The van der Waals surface area contributed by atoms with Gasteiger partial charge in [0, 0.05) is 24.7 Å². The smallest absolute Gasteiger partial charge is 0.315 e. The van der Waals surface area contributed by atoms with Gasteiger partial charge in [-0.3, -0.25) is 0 Å². The van der Waals surface area contributed by atoms with Crippen molar-refractivity contribution in [3.8, 4) is 0 Å². The maximum absolute atomic E-state index is 13.1. The standard InChI is InChI=1S/C22H28ClN3O4S/c1-16(2)21(17-7-9-19(23)10-8-17)25-22(27)24-15-18-5-3-4-6-20(18)31(28,29)26-11-13-30-14-12-26/h3-10,16,21H,11-15H2,1-2H3,(H2,24,25,27). The number of carbonyl (C=O) groups excluding carboxylic acids is 1. The molecule has 1 heterocycles. The lowest BCUT2D eigenvalue weighted by Crippen LogP contribution is -2.41. The number of halogens is 1. The van der Waals surface area contributed by atoms with Gasteiger partial charge in [-0.1, -0.05) is 55.8 Å². The van der Waals surface area contributed by atoms with Gasteiger partial charge in [-0.05, 0) is 35.2 Å². The number of sulfonamides is 1. The van der Waals surface area contributed by atoms with Crippen LogP contribution >= 0.6 is 11.6 Å². The summed E-state index contributed by atoms with van der Waals surface area (Å²) in [6.07, 6.45) is 0. The van der Waals surface area contributed by atoms with Crippen LogP contribution in [0.2, 0.25) is 5.02 Å². The van der Waals surface area contributed by atoms with Crippen LogP contribution in [-0.2, 0) is 21.3 Å². The Hall–Kier alpha value is -2.13. The van der Waals surface area contributed by atoms with Crippen LogP contribution in [0.5, 0.6) is 0 Å². The highest BCUT2D eigenvalue weighted by atomic mass is 35.5. The highest BCUT2D eigenvalue weighted by molar-refractivity contribution is 7.89. The van der Waals surface area contributed by atoms with Crippen LogP contribution in [0.1, 0.15) is 31.0 Å². The van der Waals surface area contributed by atoms with E-state index in [0.717, 1.165) is 5.56 Å². The van der Waals surface area contributed by atoms with Crippen LogP contribution in [-0.4, -0.2) is 45.1 Å². The molecule has 0 aliphatic carbocycles. The van der Waals surface area contributed by atoms with Crippen molar-refractivity contribution >= 4 is 27.7 Å². The fourth-order valence-corrected chi connectivity index (χ4v) is 5.26. The number of morpholine rings is 1. The van der Waals surface area contributed by atoms with E-state index in [1.165, 1.54) is 4.31 Å². The van der Waals surface area contributed by atoms with Crippen LogP contribution in [0, 0.1) is 5.92 Å². The first-order valence-electron chi connectivity index (χ1n) is 10.2. The summed E-state index contributed by atoms with van der Waals surface area (Å²) >= 11 is 5.97. The third-order valence-corrected chi connectivity index (χ3v) is 7.43. The third-order valence-electron chi connectivity index (χ3n) is 5.18. The molecule has 0 spiro atoms. The lowest BCUT2D eigenvalue weighted by atomic mass is 9.96. The Morgan fingerprint density at radius 2 is 1.74 bits per heavy atom. The summed E-state index contributed by atoms with van der Waals surface area (Å²) < 4.78 is 32.8. The minimum absolute atomic E-state index is 0.0943. The zero-order chi connectivity index (χ0) is 22.4. The molecule has 1 unspecified atom stereocenters. The number of hydrogen-bond acceptors (Lipinski definition) is 4. The molecule has 1 saturated heterocycles. The van der Waals surface area contributed by atoms with Gasteiger partial charge in [0.25, 0.3) is 0 Å². The van der Waals surface area contributed by atoms with Gasteiger partial charge in [0.2, 0.25) is 10.0 Å². The molecule has 3 rings (SSSR count). The first-order valence-corrected chi connectivity index (χ1v) is 12.1. The monoisotopic (exact) mass is 465 g/mol. The van der Waals surface area contributed by atoms with Crippen LogP contribution < -0.4 is 10.6 Å². The molecule has 31 heavy (non-hydrogen) atoms. The molecule has 9 heteroatoms. The highest BCUT2D eigenvalue weighted by Crippen LogP contribution is 2.24. The second-order valence-corrected chi connectivity index (χ2v) is 10.1. The maximum atomic E-state index is 13.1. The van der Waals surface area contributed by atoms with Crippen molar-refractivity contribution in [3.63, 3.8) is 0 Å². The summed E-state index contributed by atoms with van der Waals surface area (Å²) in [6.45, 7) is 5.53. The normalized spacial score (nSPS) is 16.1. The zero-order valence-corrected chi connectivity index (χ0v) is 19.2. The van der Waals surface area contributed by atoms with Crippen molar-refractivity contribution in [2.75, 3.05) is 26.3 Å². The maximum Gasteiger partial charge on any atom is 0.315 e. The average Bonchev–Trinajstić information content (AvgIpc) is 2.77. The lowest BCUT2D eigenvalue weighted by molar-refractivity contribution is 0.0730. The van der Waals surface area contributed by atoms with Gasteiger partial charge in [0.05, 0.1) is 24.2 Å². The van der Waals surface area contributed by atoms with Gasteiger partial charge >= 0.3 is 6.03 Å². The molecule has 0 saturated carbocycles. The van der Waals surface area contributed by atoms with Gasteiger partial charge < -0.3 is 15.4 Å². The molecule has 2 aromatic rings. The molecule has 168 valence electrons. The predicted octanol–water partition coefficient (Wildman–Crippen LogP) is 3.56. The van der Waals surface area contributed by atoms with Gasteiger partial charge in [-0.25, -0.2) is 13.2 Å². The van der Waals surface area contributed by atoms with Crippen LogP contribution in [0.4, 0.5) is 4.79 Å². The summed E-state index contributed by atoms with van der Waals surface area (Å²) in [5, 5.41) is 6.40. The first kappa shape index (κ1) is 23.5. The van der Waals surface area contributed by atoms with E-state index in [-0.39, 0.29) is 29.4 Å². The molecular weight excluding hydrogens is 438 g/mol. The molecule has 2 amide bonds. The van der Waals surface area contributed by atoms with Gasteiger partial charge in [0.1, 0.15) is 0 Å². The van der Waals surface area contributed by atoms with E-state index in [9.17, 15) is 13.2 Å². The SMILES string of the molecule is CC(C)C(NC(=O)NCc1ccccc1S(=O)(=O)N1CCOCC1)c1ccc(Cl)cc1. The summed E-state index contributed by atoms with van der Waals surface area (Å²) in [4.78, 5) is 12.8. The summed E-state index contributed by atoms with van der Waals surface area (Å²) in [5.74, 6) is 0.154. The topological polar surface area (TPSA) is 87.7 Å². The number of nitrogens with zero attached hydrogens (tertiary/aromatic N) is 1. The summed E-state index contributed by atoms with van der Waals surface area (Å²) in [7, 11) is -3.66. The Morgan fingerprint density at radius 3 is 2.39 bits per heavy atom. The van der Waals surface area contributed by atoms with E-state index in [1.54, 1.807) is 36.4 Å². The molecule has 0 bridgehead atoms. The number of nitrogens with one attached hydrogen (secondary N) is 2. The van der Waals surface area contributed by atoms with Crippen molar-refractivity contribution in [1.82, 2.24) is 14.9 Å². The van der Waals surface area contributed by atoms with Gasteiger partial charge in [-0.2, -0.15) is 4.31 Å². The van der Waals surface area contributed by atoms with E-state index < -0.39 is 10.0 Å². The molecule has 7 nitrogen and oxygen atoms in total. The van der Waals surface area contributed by atoms with Crippen LogP contribution in [0.15, 0.2) is 53.4 Å². The Bertz CT molecular complexity index is 990. The molecule has 0 aromatic heterocycles. The second kappa shape index (κ2) is 10.5. The zero-order valence-electron chi connectivity index (χ0n) is 17.7. The number of carbonyl (C=O) groups is 1. The number of rotatable bonds is 7.